The first kappa shape index (κ1) is 35.5. The second-order valence-electron chi connectivity index (χ2n) is 13.5. The second-order valence-corrected chi connectivity index (χ2v) is 16.0. The maximum Gasteiger partial charge on any atom is 0.302 e. The number of phenolic OH excluding ortho intramolecular Hbond substituents is 3. The molecule has 4 N–H and O–H groups in total. The summed E-state index contributed by atoms with van der Waals surface area (Å²) >= 11 is 0. The number of aromatic hydroxyl groups is 3. The van der Waals surface area contributed by atoms with Crippen molar-refractivity contribution in [2.24, 2.45) is 11.3 Å². The average molecular weight is 712 g/mol. The number of rotatable bonds is 8. The number of nitrogens with zero attached hydrogens (tertiary/aromatic N) is 1. The van der Waals surface area contributed by atoms with Gasteiger partial charge in [0.05, 0.1) is 24.9 Å². The summed E-state index contributed by atoms with van der Waals surface area (Å²) in [6.45, 7) is 1.75. The Balaban J connectivity index is 1.25. The lowest BCUT2D eigenvalue weighted by Crippen LogP contribution is -2.39. The van der Waals surface area contributed by atoms with Crippen LogP contribution in [0.25, 0.3) is 0 Å². The monoisotopic (exact) mass is 711 g/mol. The zero-order valence-corrected chi connectivity index (χ0v) is 29.3. The smallest absolute Gasteiger partial charge is 0.302 e. The van der Waals surface area contributed by atoms with Crippen LogP contribution in [0.2, 0.25) is 0 Å². The van der Waals surface area contributed by atoms with Gasteiger partial charge in [-0.05, 0) is 85.0 Å². The molecule has 10 nitrogen and oxygen atoms in total. The largest absolute Gasteiger partial charge is 0.504 e. The molecule has 1 aliphatic carbocycles. The highest BCUT2D eigenvalue weighted by molar-refractivity contribution is 8.76. The van der Waals surface area contributed by atoms with Crippen molar-refractivity contribution in [2.45, 2.75) is 82.7 Å². The van der Waals surface area contributed by atoms with Crippen molar-refractivity contribution >= 4 is 27.6 Å². The highest BCUT2D eigenvalue weighted by atomic mass is 33.1. The SMILES string of the molecule is CC(=O)O[C@H]1C[C@@H](c2cc(O)c(O)c(OCCc3cccnc3)c2)O[C@@H]([C@@H]2CSSC[C@@]3(CO)CCC[C@@H](C3)Oc3cc(ccc3O)C2)C1. The summed E-state index contributed by atoms with van der Waals surface area (Å²) in [6.07, 6.45) is 7.65. The first-order valence-corrected chi connectivity index (χ1v) is 19.4. The second kappa shape index (κ2) is 16.1. The van der Waals surface area contributed by atoms with Gasteiger partial charge in [0.15, 0.2) is 23.0 Å². The van der Waals surface area contributed by atoms with Crippen molar-refractivity contribution < 1.29 is 44.2 Å². The number of aliphatic hydroxyl groups is 1. The van der Waals surface area contributed by atoms with Crippen LogP contribution in [0.1, 0.15) is 68.2 Å². The van der Waals surface area contributed by atoms with Crippen molar-refractivity contribution in [1.82, 2.24) is 4.98 Å². The van der Waals surface area contributed by atoms with Crippen molar-refractivity contribution in [1.29, 1.82) is 0 Å². The normalized spacial score (nSPS) is 27.4. The Labute approximate surface area is 294 Å². The van der Waals surface area contributed by atoms with Crippen LogP contribution in [0.4, 0.5) is 0 Å². The minimum atomic E-state index is -0.548. The minimum absolute atomic E-state index is 0.0122. The van der Waals surface area contributed by atoms with E-state index in [0.29, 0.717) is 37.0 Å². The van der Waals surface area contributed by atoms with Crippen LogP contribution in [-0.4, -0.2) is 74.4 Å². The number of fused-ring (bicyclic) bond motifs is 4. The molecule has 12 heteroatoms. The van der Waals surface area contributed by atoms with Crippen LogP contribution in [0.5, 0.6) is 28.7 Å². The first-order valence-electron chi connectivity index (χ1n) is 16.9. The van der Waals surface area contributed by atoms with E-state index in [1.807, 2.05) is 24.3 Å². The van der Waals surface area contributed by atoms with E-state index in [4.69, 9.17) is 18.9 Å². The van der Waals surface area contributed by atoms with E-state index in [0.717, 1.165) is 48.3 Å². The highest BCUT2D eigenvalue weighted by Crippen LogP contribution is 2.47. The van der Waals surface area contributed by atoms with E-state index in [2.05, 4.69) is 4.98 Å². The molecule has 6 rings (SSSR count). The van der Waals surface area contributed by atoms with Crippen LogP contribution in [-0.2, 0) is 27.1 Å². The van der Waals surface area contributed by atoms with Gasteiger partial charge in [-0.25, -0.2) is 0 Å². The summed E-state index contributed by atoms with van der Waals surface area (Å²) in [4.78, 5) is 16.3. The lowest BCUT2D eigenvalue weighted by atomic mass is 9.75. The van der Waals surface area contributed by atoms with Crippen LogP contribution < -0.4 is 9.47 Å². The van der Waals surface area contributed by atoms with E-state index >= 15 is 0 Å². The molecular formula is C37H45NO9S2. The van der Waals surface area contributed by atoms with Crippen molar-refractivity contribution in [2.75, 3.05) is 24.7 Å². The molecule has 1 saturated heterocycles. The molecule has 6 atom stereocenters. The average Bonchev–Trinajstić information content (AvgIpc) is 3.10. The summed E-state index contributed by atoms with van der Waals surface area (Å²) in [5.41, 5.74) is 2.34. The number of hydrogen-bond acceptors (Lipinski definition) is 12. The zero-order chi connectivity index (χ0) is 34.4. The molecule has 264 valence electrons. The van der Waals surface area contributed by atoms with Crippen molar-refractivity contribution in [3.8, 4) is 28.7 Å². The fraction of sp³-hybridized carbons (Fsp3) is 0.514. The maximum atomic E-state index is 12.2. The predicted octanol–water partition coefficient (Wildman–Crippen LogP) is 6.53. The number of pyridine rings is 1. The van der Waals surface area contributed by atoms with E-state index in [1.54, 1.807) is 46.1 Å². The molecule has 0 spiro atoms. The number of hydrogen-bond donors (Lipinski definition) is 4. The third-order valence-electron chi connectivity index (χ3n) is 9.77. The van der Waals surface area contributed by atoms with E-state index in [-0.39, 0.29) is 65.7 Å². The number of benzene rings is 2. The molecule has 49 heavy (non-hydrogen) atoms. The molecule has 4 bridgehead atoms. The molecule has 3 heterocycles. The summed E-state index contributed by atoms with van der Waals surface area (Å²) in [5, 5.41) is 42.5. The molecular weight excluding hydrogens is 667 g/mol. The lowest BCUT2D eigenvalue weighted by molar-refractivity contribution is -0.163. The molecule has 2 aliphatic heterocycles. The van der Waals surface area contributed by atoms with Gasteiger partial charge in [0, 0.05) is 62.1 Å². The fourth-order valence-electron chi connectivity index (χ4n) is 7.17. The predicted molar refractivity (Wildman–Crippen MR) is 188 cm³/mol. The standard InChI is InChI=1S/C37H45NO9S2/c1-23(40)45-29-16-32(26-14-31(42)36(43)35(15-26)44-11-8-24-4-3-10-38-19-24)47-33(17-29)27-12-25-6-7-30(41)34(13-25)46-28-5-2-9-37(18-28,21-39)22-49-48-20-27/h3-4,6-7,10,13-15,19,27-29,32-33,39,41-43H,2,5,8-9,11-12,16-18,20-22H2,1H3/t27-,28-,29-,32-,33+,37-/m0/s1. The van der Waals surface area contributed by atoms with Gasteiger partial charge in [0.2, 0.25) is 5.75 Å². The summed E-state index contributed by atoms with van der Waals surface area (Å²) in [6, 6.07) is 12.4. The molecule has 0 radical (unpaired) electrons. The van der Waals surface area contributed by atoms with Gasteiger partial charge in [0.25, 0.3) is 0 Å². The number of aliphatic hydroxyl groups excluding tert-OH is 1. The van der Waals surface area contributed by atoms with E-state index in [9.17, 15) is 25.2 Å². The van der Waals surface area contributed by atoms with Gasteiger partial charge in [-0.15, -0.1) is 0 Å². The third-order valence-corrected chi connectivity index (χ3v) is 12.5. The molecule has 2 fully saturated rings. The Morgan fingerprint density at radius 1 is 1.10 bits per heavy atom. The number of carbonyl (C=O) groups excluding carboxylic acids is 1. The summed E-state index contributed by atoms with van der Waals surface area (Å²) in [7, 11) is 3.52. The van der Waals surface area contributed by atoms with Crippen molar-refractivity contribution in [3.63, 3.8) is 0 Å². The highest BCUT2D eigenvalue weighted by Gasteiger charge is 2.40. The number of aromatic nitrogens is 1. The Bertz CT molecular complexity index is 1580. The quantitative estimate of drug-likeness (QED) is 0.115. The Morgan fingerprint density at radius 3 is 2.78 bits per heavy atom. The van der Waals surface area contributed by atoms with Crippen LogP contribution >= 0.6 is 21.6 Å². The molecule has 2 aromatic carbocycles. The third kappa shape index (κ3) is 9.08. The maximum absolute atomic E-state index is 12.2. The molecule has 1 saturated carbocycles. The Hall–Kier alpha value is -3.32. The minimum Gasteiger partial charge on any atom is -0.504 e. The van der Waals surface area contributed by atoms with Gasteiger partial charge in [-0.1, -0.05) is 33.7 Å². The van der Waals surface area contributed by atoms with E-state index < -0.39 is 12.2 Å². The van der Waals surface area contributed by atoms with Crippen LogP contribution in [0.15, 0.2) is 54.9 Å². The first-order chi connectivity index (χ1) is 23.7. The number of ether oxygens (including phenoxy) is 4. The van der Waals surface area contributed by atoms with E-state index in [1.165, 1.54) is 13.0 Å². The number of phenols is 3. The lowest BCUT2D eigenvalue weighted by Gasteiger charge is -2.39. The molecule has 0 unspecified atom stereocenters. The molecule has 3 aromatic rings. The van der Waals surface area contributed by atoms with Gasteiger partial charge in [-0.2, -0.15) is 0 Å². The molecule has 0 amide bonds. The number of esters is 1. The van der Waals surface area contributed by atoms with Crippen molar-refractivity contribution in [3.05, 3.63) is 71.5 Å². The summed E-state index contributed by atoms with van der Waals surface area (Å²) in [5.74, 6) is 1.14. The number of carbonyl (C=O) groups is 1. The van der Waals surface area contributed by atoms with Crippen LogP contribution in [0.3, 0.4) is 0 Å². The topological polar surface area (TPSA) is 148 Å². The Kier molecular flexibility index (Phi) is 11.7. The van der Waals surface area contributed by atoms with Gasteiger partial charge in [0.1, 0.15) is 6.10 Å². The fourth-order valence-corrected chi connectivity index (χ4v) is 10.3. The van der Waals surface area contributed by atoms with Gasteiger partial charge in [-0.3, -0.25) is 9.78 Å². The van der Waals surface area contributed by atoms with Gasteiger partial charge < -0.3 is 39.4 Å². The molecule has 3 aliphatic rings. The molecule has 1 aromatic heterocycles. The summed E-state index contributed by atoms with van der Waals surface area (Å²) < 4.78 is 24.9. The van der Waals surface area contributed by atoms with Crippen LogP contribution in [0, 0.1) is 11.3 Å². The Morgan fingerprint density at radius 2 is 1.98 bits per heavy atom. The van der Waals surface area contributed by atoms with Gasteiger partial charge >= 0.3 is 5.97 Å². The zero-order valence-electron chi connectivity index (χ0n) is 27.7.